The topological polar surface area (TPSA) is 92.2 Å². The number of carboxylic acids is 1. The van der Waals surface area contributed by atoms with E-state index in [1.165, 1.54) is 11.3 Å². The van der Waals surface area contributed by atoms with E-state index in [1.54, 1.807) is 13.8 Å². The number of carboxylic acid groups (broad SMARTS) is 1. The summed E-state index contributed by atoms with van der Waals surface area (Å²) in [6.07, 6.45) is 0.870. The highest BCUT2D eigenvalue weighted by Gasteiger charge is 2.25. The third-order valence-electron chi connectivity index (χ3n) is 2.28. The van der Waals surface area contributed by atoms with Gasteiger partial charge in [0.1, 0.15) is 5.01 Å². The Morgan fingerprint density at radius 3 is 2.50 bits per heavy atom. The molecule has 6 nitrogen and oxygen atoms in total. The number of hydrogen-bond donors (Lipinski definition) is 2. The molecule has 0 saturated carbocycles. The quantitative estimate of drug-likeness (QED) is 0.824. The number of nitrogens with zero attached hydrogens (tertiary/aromatic N) is 2. The van der Waals surface area contributed by atoms with E-state index < -0.39 is 11.4 Å². The Bertz CT molecular complexity index is 442. The molecule has 1 aromatic rings. The van der Waals surface area contributed by atoms with Crippen LogP contribution in [0, 0.1) is 5.41 Å². The maximum absolute atomic E-state index is 11.7. The molecule has 0 aliphatic carbocycles. The van der Waals surface area contributed by atoms with Gasteiger partial charge in [-0.25, -0.2) is 0 Å². The number of carbonyl (C=O) groups excluding carboxylic acids is 1. The van der Waals surface area contributed by atoms with Gasteiger partial charge in [-0.3, -0.25) is 9.59 Å². The smallest absolute Gasteiger partial charge is 0.303 e. The summed E-state index contributed by atoms with van der Waals surface area (Å²) in [4.78, 5) is 22.4. The molecule has 0 aromatic carbocycles. The third-order valence-corrected chi connectivity index (χ3v) is 3.27. The van der Waals surface area contributed by atoms with E-state index in [9.17, 15) is 9.59 Å². The van der Waals surface area contributed by atoms with Crippen LogP contribution in [0.15, 0.2) is 0 Å². The first-order chi connectivity index (χ1) is 8.32. The fourth-order valence-corrected chi connectivity index (χ4v) is 2.21. The van der Waals surface area contributed by atoms with Crippen LogP contribution in [-0.4, -0.2) is 27.2 Å². The van der Waals surface area contributed by atoms with Crippen LogP contribution in [0.3, 0.4) is 0 Å². The van der Waals surface area contributed by atoms with Gasteiger partial charge in [0.25, 0.3) is 0 Å². The summed E-state index contributed by atoms with van der Waals surface area (Å²) in [6, 6.07) is 0. The molecule has 0 aliphatic rings. The zero-order chi connectivity index (χ0) is 13.8. The second-order valence-electron chi connectivity index (χ2n) is 4.81. The average Bonchev–Trinajstić information content (AvgIpc) is 2.61. The number of nitrogens with one attached hydrogen (secondary N) is 1. The van der Waals surface area contributed by atoms with Crippen molar-refractivity contribution in [3.8, 4) is 0 Å². The Kier molecular flexibility index (Phi) is 4.77. The molecule has 0 unspecified atom stereocenters. The van der Waals surface area contributed by atoms with E-state index in [4.69, 9.17) is 5.11 Å². The first kappa shape index (κ1) is 14.6. The van der Waals surface area contributed by atoms with Crippen LogP contribution in [0.1, 0.15) is 38.6 Å². The van der Waals surface area contributed by atoms with E-state index in [-0.39, 0.29) is 18.7 Å². The highest BCUT2D eigenvalue weighted by atomic mass is 32.1. The summed E-state index contributed by atoms with van der Waals surface area (Å²) in [5.41, 5.74) is -0.575. The lowest BCUT2D eigenvalue weighted by Gasteiger charge is -2.20. The molecule has 2 N–H and O–H groups in total. The molecule has 18 heavy (non-hydrogen) atoms. The Balaban J connectivity index is 2.53. The van der Waals surface area contributed by atoms with E-state index in [0.29, 0.717) is 5.13 Å². The Morgan fingerprint density at radius 2 is 2.00 bits per heavy atom. The molecule has 7 heteroatoms. The van der Waals surface area contributed by atoms with Crippen LogP contribution in [0.4, 0.5) is 5.13 Å². The van der Waals surface area contributed by atoms with Gasteiger partial charge in [-0.1, -0.05) is 32.1 Å². The highest BCUT2D eigenvalue weighted by Crippen LogP contribution is 2.26. The Labute approximate surface area is 109 Å². The summed E-state index contributed by atoms with van der Waals surface area (Å²) in [6.45, 7) is 5.46. The molecule has 1 rings (SSSR count). The van der Waals surface area contributed by atoms with Crippen molar-refractivity contribution < 1.29 is 14.7 Å². The SMILES string of the molecule is CCc1nnc(NC(=O)CC(C)(C)CC(=O)O)s1. The maximum atomic E-state index is 11.7. The third kappa shape index (κ3) is 4.79. The van der Waals surface area contributed by atoms with Crippen molar-refractivity contribution in [2.24, 2.45) is 5.41 Å². The van der Waals surface area contributed by atoms with Gasteiger partial charge in [0.15, 0.2) is 0 Å². The minimum absolute atomic E-state index is 0.0449. The lowest BCUT2D eigenvalue weighted by molar-refractivity contribution is -0.139. The average molecular weight is 271 g/mol. The largest absolute Gasteiger partial charge is 0.481 e. The molecule has 0 fully saturated rings. The summed E-state index contributed by atoms with van der Waals surface area (Å²) in [7, 11) is 0. The van der Waals surface area contributed by atoms with Crippen LogP contribution in [-0.2, 0) is 16.0 Å². The van der Waals surface area contributed by atoms with Crippen molar-refractivity contribution in [2.45, 2.75) is 40.0 Å². The van der Waals surface area contributed by atoms with Crippen molar-refractivity contribution in [3.05, 3.63) is 5.01 Å². The molecule has 1 amide bonds. The summed E-state index contributed by atoms with van der Waals surface area (Å²) >= 11 is 1.33. The van der Waals surface area contributed by atoms with Gasteiger partial charge in [-0.05, 0) is 11.8 Å². The number of rotatable bonds is 6. The van der Waals surface area contributed by atoms with Crippen LogP contribution < -0.4 is 5.32 Å². The molecule has 1 heterocycles. The number of amides is 1. The van der Waals surface area contributed by atoms with E-state index in [0.717, 1.165) is 11.4 Å². The normalized spacial score (nSPS) is 11.3. The molecular formula is C11H17N3O3S. The number of aromatic nitrogens is 2. The van der Waals surface area contributed by atoms with Gasteiger partial charge in [0.2, 0.25) is 11.0 Å². The second kappa shape index (κ2) is 5.90. The molecule has 0 radical (unpaired) electrons. The van der Waals surface area contributed by atoms with Crippen molar-refractivity contribution in [1.29, 1.82) is 0 Å². The van der Waals surface area contributed by atoms with Crippen molar-refractivity contribution >= 4 is 28.3 Å². The molecule has 0 saturated heterocycles. The van der Waals surface area contributed by atoms with Gasteiger partial charge in [-0.15, -0.1) is 10.2 Å². The number of carbonyl (C=O) groups is 2. The number of anilines is 1. The zero-order valence-corrected chi connectivity index (χ0v) is 11.5. The minimum atomic E-state index is -0.906. The first-order valence-corrected chi connectivity index (χ1v) is 6.48. The Morgan fingerprint density at radius 1 is 1.33 bits per heavy atom. The van der Waals surface area contributed by atoms with Gasteiger partial charge in [-0.2, -0.15) is 0 Å². The van der Waals surface area contributed by atoms with Gasteiger partial charge in [0, 0.05) is 6.42 Å². The zero-order valence-electron chi connectivity index (χ0n) is 10.7. The van der Waals surface area contributed by atoms with E-state index in [1.807, 2.05) is 6.92 Å². The molecular weight excluding hydrogens is 254 g/mol. The predicted octanol–water partition coefficient (Wildman–Crippen LogP) is 1.93. The van der Waals surface area contributed by atoms with Crippen LogP contribution in [0.2, 0.25) is 0 Å². The lowest BCUT2D eigenvalue weighted by Crippen LogP contribution is -2.24. The standard InChI is InChI=1S/C11H17N3O3S/c1-4-8-13-14-10(18-8)12-7(15)5-11(2,3)6-9(16)17/h4-6H2,1-3H3,(H,16,17)(H,12,14,15). The number of hydrogen-bond acceptors (Lipinski definition) is 5. The van der Waals surface area contributed by atoms with Crippen LogP contribution in [0.5, 0.6) is 0 Å². The predicted molar refractivity (Wildman–Crippen MR) is 68.6 cm³/mol. The number of aliphatic carboxylic acids is 1. The minimum Gasteiger partial charge on any atom is -0.481 e. The van der Waals surface area contributed by atoms with Crippen molar-refractivity contribution in [3.63, 3.8) is 0 Å². The second-order valence-corrected chi connectivity index (χ2v) is 5.88. The lowest BCUT2D eigenvalue weighted by atomic mass is 9.85. The fraction of sp³-hybridized carbons (Fsp3) is 0.636. The maximum Gasteiger partial charge on any atom is 0.303 e. The molecule has 0 spiro atoms. The van der Waals surface area contributed by atoms with Gasteiger partial charge >= 0.3 is 5.97 Å². The molecule has 100 valence electrons. The van der Waals surface area contributed by atoms with E-state index in [2.05, 4.69) is 15.5 Å². The first-order valence-electron chi connectivity index (χ1n) is 5.66. The molecule has 0 atom stereocenters. The molecule has 1 aromatic heterocycles. The summed E-state index contributed by atoms with van der Waals surface area (Å²) in [5, 5.41) is 20.4. The van der Waals surface area contributed by atoms with Gasteiger partial charge in [0.05, 0.1) is 6.42 Å². The van der Waals surface area contributed by atoms with Gasteiger partial charge < -0.3 is 10.4 Å². The summed E-state index contributed by atoms with van der Waals surface area (Å²) in [5.74, 6) is -1.14. The Hall–Kier alpha value is -1.50. The monoisotopic (exact) mass is 271 g/mol. The highest BCUT2D eigenvalue weighted by molar-refractivity contribution is 7.15. The molecule has 0 bridgehead atoms. The van der Waals surface area contributed by atoms with Crippen molar-refractivity contribution in [2.75, 3.05) is 5.32 Å². The van der Waals surface area contributed by atoms with Crippen molar-refractivity contribution in [1.82, 2.24) is 10.2 Å². The van der Waals surface area contributed by atoms with Crippen LogP contribution in [0.25, 0.3) is 0 Å². The molecule has 0 aliphatic heterocycles. The fourth-order valence-electron chi connectivity index (χ4n) is 1.52. The van der Waals surface area contributed by atoms with Crippen LogP contribution >= 0.6 is 11.3 Å². The number of aryl methyl sites for hydroxylation is 1. The van der Waals surface area contributed by atoms with E-state index >= 15 is 0 Å². The summed E-state index contributed by atoms with van der Waals surface area (Å²) < 4.78 is 0.